The fraction of sp³-hybridized carbons (Fsp3) is 0.250. The SMILES string of the molecule is CCC(=O)C[C@H](c1ccc(Cl)cc1)c1c[nH]c2ccc(OC)cc12. The lowest BCUT2D eigenvalue weighted by atomic mass is 9.86. The van der Waals surface area contributed by atoms with Crippen LogP contribution in [0.3, 0.4) is 0 Å². The van der Waals surface area contributed by atoms with E-state index in [0.29, 0.717) is 17.9 Å². The summed E-state index contributed by atoms with van der Waals surface area (Å²) in [5, 5.41) is 1.78. The number of Topliss-reactive ketones (excluding diaryl/α,β-unsaturated/α-hetero) is 1. The van der Waals surface area contributed by atoms with Gasteiger partial charge in [-0.3, -0.25) is 4.79 Å². The summed E-state index contributed by atoms with van der Waals surface area (Å²) in [6.45, 7) is 1.90. The van der Waals surface area contributed by atoms with Gasteiger partial charge in [-0.15, -0.1) is 0 Å². The van der Waals surface area contributed by atoms with Gasteiger partial charge in [0.2, 0.25) is 0 Å². The van der Waals surface area contributed by atoms with Gasteiger partial charge in [0, 0.05) is 40.9 Å². The van der Waals surface area contributed by atoms with Crippen LogP contribution >= 0.6 is 11.6 Å². The fourth-order valence-corrected chi connectivity index (χ4v) is 3.14. The van der Waals surface area contributed by atoms with Crippen LogP contribution in [0.2, 0.25) is 5.02 Å². The van der Waals surface area contributed by atoms with Gasteiger partial charge in [-0.1, -0.05) is 30.7 Å². The molecule has 0 saturated carbocycles. The first-order chi connectivity index (χ1) is 11.6. The van der Waals surface area contributed by atoms with Gasteiger partial charge in [0.15, 0.2) is 0 Å². The van der Waals surface area contributed by atoms with E-state index in [1.807, 2.05) is 55.6 Å². The first-order valence-corrected chi connectivity index (χ1v) is 8.42. The van der Waals surface area contributed by atoms with Gasteiger partial charge >= 0.3 is 0 Å². The van der Waals surface area contributed by atoms with Crippen molar-refractivity contribution in [1.82, 2.24) is 4.98 Å². The van der Waals surface area contributed by atoms with Crippen LogP contribution in [0.25, 0.3) is 10.9 Å². The molecule has 1 atom stereocenters. The highest BCUT2D eigenvalue weighted by Gasteiger charge is 2.21. The number of halogens is 1. The number of aromatic nitrogens is 1. The molecule has 0 aliphatic heterocycles. The zero-order valence-electron chi connectivity index (χ0n) is 13.8. The Morgan fingerprint density at radius 2 is 1.96 bits per heavy atom. The minimum atomic E-state index is -0.00410. The first kappa shape index (κ1) is 16.6. The van der Waals surface area contributed by atoms with E-state index in [4.69, 9.17) is 16.3 Å². The van der Waals surface area contributed by atoms with Crippen molar-refractivity contribution in [3.8, 4) is 5.75 Å². The number of H-pyrrole nitrogens is 1. The number of ketones is 1. The Balaban J connectivity index is 2.10. The molecule has 0 spiro atoms. The highest BCUT2D eigenvalue weighted by Crippen LogP contribution is 2.35. The smallest absolute Gasteiger partial charge is 0.133 e. The van der Waals surface area contributed by atoms with Crippen molar-refractivity contribution in [2.45, 2.75) is 25.7 Å². The molecule has 1 heterocycles. The van der Waals surface area contributed by atoms with E-state index in [1.54, 1.807) is 7.11 Å². The molecule has 124 valence electrons. The van der Waals surface area contributed by atoms with Crippen molar-refractivity contribution in [1.29, 1.82) is 0 Å². The second kappa shape index (κ2) is 7.10. The Kier molecular flexibility index (Phi) is 4.91. The molecular weight excluding hydrogens is 322 g/mol. The number of aromatic amines is 1. The average Bonchev–Trinajstić information content (AvgIpc) is 3.03. The molecule has 0 aliphatic carbocycles. The standard InChI is InChI=1S/C20H20ClNO2/c1-3-15(23)10-17(13-4-6-14(21)7-5-13)19-12-22-20-9-8-16(24-2)11-18(19)20/h4-9,11-12,17,22H,3,10H2,1-2H3/t17-/m1/s1. The molecule has 3 nitrogen and oxygen atoms in total. The van der Waals surface area contributed by atoms with E-state index in [9.17, 15) is 4.79 Å². The number of ether oxygens (including phenoxy) is 1. The largest absolute Gasteiger partial charge is 0.497 e. The molecule has 0 aliphatic rings. The Bertz CT molecular complexity index is 852. The van der Waals surface area contributed by atoms with Gasteiger partial charge in [-0.05, 0) is 41.5 Å². The van der Waals surface area contributed by atoms with Crippen LogP contribution in [0, 0.1) is 0 Å². The molecule has 3 aromatic rings. The van der Waals surface area contributed by atoms with E-state index in [2.05, 4.69) is 4.98 Å². The molecule has 0 bridgehead atoms. The van der Waals surface area contributed by atoms with E-state index >= 15 is 0 Å². The van der Waals surface area contributed by atoms with Crippen LogP contribution in [-0.4, -0.2) is 17.9 Å². The van der Waals surface area contributed by atoms with Gasteiger partial charge in [0.1, 0.15) is 11.5 Å². The van der Waals surface area contributed by atoms with Gasteiger partial charge in [0.25, 0.3) is 0 Å². The predicted octanol–water partition coefficient (Wildman–Crippen LogP) is 5.33. The maximum absolute atomic E-state index is 12.2. The molecule has 1 N–H and O–H groups in total. The predicted molar refractivity (Wildman–Crippen MR) is 98.1 cm³/mol. The van der Waals surface area contributed by atoms with Crippen molar-refractivity contribution in [3.63, 3.8) is 0 Å². The zero-order chi connectivity index (χ0) is 17.1. The summed E-state index contributed by atoms with van der Waals surface area (Å²) in [5.41, 5.74) is 3.23. The quantitative estimate of drug-likeness (QED) is 0.658. The molecule has 3 rings (SSSR count). The van der Waals surface area contributed by atoms with Gasteiger partial charge in [0.05, 0.1) is 7.11 Å². The highest BCUT2D eigenvalue weighted by atomic mass is 35.5. The lowest BCUT2D eigenvalue weighted by Gasteiger charge is -2.17. The fourth-order valence-electron chi connectivity index (χ4n) is 3.01. The number of rotatable bonds is 6. The molecule has 0 radical (unpaired) electrons. The lowest BCUT2D eigenvalue weighted by molar-refractivity contribution is -0.118. The maximum Gasteiger partial charge on any atom is 0.133 e. The highest BCUT2D eigenvalue weighted by molar-refractivity contribution is 6.30. The number of carbonyl (C=O) groups is 1. The average molecular weight is 342 g/mol. The summed E-state index contributed by atoms with van der Waals surface area (Å²) in [7, 11) is 1.66. The molecule has 0 fully saturated rings. The van der Waals surface area contributed by atoms with Crippen molar-refractivity contribution in [2.75, 3.05) is 7.11 Å². The summed E-state index contributed by atoms with van der Waals surface area (Å²) < 4.78 is 5.35. The number of fused-ring (bicyclic) bond motifs is 1. The van der Waals surface area contributed by atoms with Crippen molar-refractivity contribution in [2.24, 2.45) is 0 Å². The van der Waals surface area contributed by atoms with E-state index in [0.717, 1.165) is 27.8 Å². The minimum Gasteiger partial charge on any atom is -0.497 e. The van der Waals surface area contributed by atoms with Gasteiger partial charge in [-0.2, -0.15) is 0 Å². The monoisotopic (exact) mass is 341 g/mol. The number of hydrogen-bond donors (Lipinski definition) is 1. The Hall–Kier alpha value is -2.26. The van der Waals surface area contributed by atoms with Crippen LogP contribution in [0.1, 0.15) is 36.8 Å². The number of carbonyl (C=O) groups excluding carboxylic acids is 1. The number of hydrogen-bond acceptors (Lipinski definition) is 2. The Labute approximate surface area is 146 Å². The summed E-state index contributed by atoms with van der Waals surface area (Å²) in [5.74, 6) is 1.04. The maximum atomic E-state index is 12.2. The second-order valence-corrected chi connectivity index (χ2v) is 6.29. The Morgan fingerprint density at radius 1 is 1.21 bits per heavy atom. The first-order valence-electron chi connectivity index (χ1n) is 8.04. The summed E-state index contributed by atoms with van der Waals surface area (Å²) in [6.07, 6.45) is 3.00. The van der Waals surface area contributed by atoms with E-state index in [-0.39, 0.29) is 11.7 Å². The normalized spacial score (nSPS) is 12.3. The third-order valence-electron chi connectivity index (χ3n) is 4.39. The molecule has 4 heteroatoms. The molecule has 2 aromatic carbocycles. The van der Waals surface area contributed by atoms with Crippen LogP contribution in [0.5, 0.6) is 5.75 Å². The third-order valence-corrected chi connectivity index (χ3v) is 4.65. The molecule has 0 saturated heterocycles. The van der Waals surface area contributed by atoms with Gasteiger partial charge in [-0.25, -0.2) is 0 Å². The Morgan fingerprint density at radius 3 is 2.62 bits per heavy atom. The van der Waals surface area contributed by atoms with E-state index < -0.39 is 0 Å². The summed E-state index contributed by atoms with van der Waals surface area (Å²) >= 11 is 6.02. The van der Waals surface area contributed by atoms with Crippen LogP contribution in [0.15, 0.2) is 48.7 Å². The molecule has 24 heavy (non-hydrogen) atoms. The molecule has 0 amide bonds. The topological polar surface area (TPSA) is 42.1 Å². The van der Waals surface area contributed by atoms with Crippen molar-refractivity contribution < 1.29 is 9.53 Å². The van der Waals surface area contributed by atoms with Crippen molar-refractivity contribution >= 4 is 28.3 Å². The van der Waals surface area contributed by atoms with Gasteiger partial charge < -0.3 is 9.72 Å². The van der Waals surface area contributed by atoms with Crippen molar-refractivity contribution in [3.05, 3.63) is 64.8 Å². The number of methoxy groups -OCH3 is 1. The lowest BCUT2D eigenvalue weighted by Crippen LogP contribution is -2.07. The summed E-state index contributed by atoms with van der Waals surface area (Å²) in [4.78, 5) is 15.5. The zero-order valence-corrected chi connectivity index (χ0v) is 14.6. The second-order valence-electron chi connectivity index (χ2n) is 5.86. The van der Waals surface area contributed by atoms with Crippen LogP contribution in [0.4, 0.5) is 0 Å². The van der Waals surface area contributed by atoms with Crippen LogP contribution < -0.4 is 4.74 Å². The summed E-state index contributed by atoms with van der Waals surface area (Å²) in [6, 6.07) is 13.7. The molecular formula is C20H20ClNO2. The third kappa shape index (κ3) is 3.31. The number of benzene rings is 2. The number of nitrogens with one attached hydrogen (secondary N) is 1. The van der Waals surface area contributed by atoms with Crippen LogP contribution in [-0.2, 0) is 4.79 Å². The van der Waals surface area contributed by atoms with E-state index in [1.165, 1.54) is 0 Å². The molecule has 1 aromatic heterocycles. The minimum absolute atomic E-state index is 0.00410. The molecule has 0 unspecified atom stereocenters.